The van der Waals surface area contributed by atoms with Crippen LogP contribution in [0, 0.1) is 0 Å². The molecule has 102 valence electrons. The predicted molar refractivity (Wildman–Crippen MR) is 66.6 cm³/mol. The highest BCUT2D eigenvalue weighted by molar-refractivity contribution is 5.69. The summed E-state index contributed by atoms with van der Waals surface area (Å²) in [6.45, 7) is 3.25. The second kappa shape index (κ2) is 4.79. The first-order chi connectivity index (χ1) is 8.71. The predicted octanol–water partition coefficient (Wildman–Crippen LogP) is 0.446. The highest BCUT2D eigenvalue weighted by Gasteiger charge is 2.50. The highest BCUT2D eigenvalue weighted by atomic mass is 16.5. The van der Waals surface area contributed by atoms with Gasteiger partial charge in [0.05, 0.1) is 24.7 Å². The van der Waals surface area contributed by atoms with Crippen molar-refractivity contribution < 1.29 is 14.6 Å². The maximum absolute atomic E-state index is 11.1. The summed E-state index contributed by atoms with van der Waals surface area (Å²) in [7, 11) is 0. The maximum Gasteiger partial charge on any atom is 0.305 e. The first kappa shape index (κ1) is 12.4. The zero-order valence-electron chi connectivity index (χ0n) is 10.7. The second-order valence-corrected chi connectivity index (χ2v) is 5.85. The Morgan fingerprint density at radius 1 is 1.39 bits per heavy atom. The van der Waals surface area contributed by atoms with E-state index in [9.17, 15) is 4.79 Å². The van der Waals surface area contributed by atoms with Crippen LogP contribution in [0.4, 0.5) is 0 Å². The molecule has 0 radical (unpaired) electrons. The van der Waals surface area contributed by atoms with E-state index in [0.717, 1.165) is 39.1 Å². The minimum Gasteiger partial charge on any atom is -0.481 e. The molecule has 2 atom stereocenters. The van der Waals surface area contributed by atoms with Crippen LogP contribution in [-0.2, 0) is 9.53 Å². The van der Waals surface area contributed by atoms with Crippen molar-refractivity contribution in [2.45, 2.75) is 49.8 Å². The highest BCUT2D eigenvalue weighted by Crippen LogP contribution is 2.36. The van der Waals surface area contributed by atoms with E-state index < -0.39 is 5.97 Å². The number of fused-ring (bicyclic) bond motifs is 1. The molecular weight excluding hydrogens is 232 g/mol. The zero-order valence-corrected chi connectivity index (χ0v) is 10.7. The minimum absolute atomic E-state index is 0.157. The van der Waals surface area contributed by atoms with Crippen molar-refractivity contribution in [3.8, 4) is 0 Å². The fraction of sp³-hybridized carbons (Fsp3) is 0.923. The summed E-state index contributed by atoms with van der Waals surface area (Å²) in [5.74, 6) is -0.685. The number of carboxylic acid groups (broad SMARTS) is 1. The number of aliphatic carboxylic acids is 1. The summed E-state index contributed by atoms with van der Waals surface area (Å²) < 4.78 is 5.87. The largest absolute Gasteiger partial charge is 0.481 e. The van der Waals surface area contributed by atoms with Gasteiger partial charge in [-0.3, -0.25) is 9.69 Å². The Labute approximate surface area is 107 Å². The van der Waals surface area contributed by atoms with Gasteiger partial charge in [-0.05, 0) is 12.8 Å². The number of carboxylic acids is 1. The molecule has 2 heterocycles. The van der Waals surface area contributed by atoms with Crippen molar-refractivity contribution in [1.82, 2.24) is 10.2 Å². The lowest BCUT2D eigenvalue weighted by molar-refractivity contribution is -0.157. The molecule has 1 saturated carbocycles. The monoisotopic (exact) mass is 254 g/mol. The van der Waals surface area contributed by atoms with Crippen molar-refractivity contribution in [2.75, 3.05) is 26.2 Å². The summed E-state index contributed by atoms with van der Waals surface area (Å²) in [6.07, 6.45) is 5.38. The number of carbonyl (C=O) groups is 1. The number of hydrogen-bond acceptors (Lipinski definition) is 4. The van der Waals surface area contributed by atoms with Gasteiger partial charge in [0.15, 0.2) is 0 Å². The van der Waals surface area contributed by atoms with Crippen LogP contribution >= 0.6 is 0 Å². The van der Waals surface area contributed by atoms with Gasteiger partial charge in [-0.1, -0.05) is 12.8 Å². The summed E-state index contributed by atoms with van der Waals surface area (Å²) in [5.41, 5.74) is -0.157. The third-order valence-electron chi connectivity index (χ3n) is 4.73. The second-order valence-electron chi connectivity index (χ2n) is 5.85. The van der Waals surface area contributed by atoms with E-state index in [-0.39, 0.29) is 12.0 Å². The van der Waals surface area contributed by atoms with Crippen LogP contribution in [0.1, 0.15) is 32.1 Å². The molecule has 3 rings (SSSR count). The number of ether oxygens (including phenoxy) is 1. The Hall–Kier alpha value is -0.650. The van der Waals surface area contributed by atoms with Gasteiger partial charge in [-0.15, -0.1) is 0 Å². The molecule has 3 aliphatic rings. The van der Waals surface area contributed by atoms with E-state index in [2.05, 4.69) is 10.2 Å². The van der Waals surface area contributed by atoms with Gasteiger partial charge in [0.1, 0.15) is 0 Å². The number of rotatable bonds is 3. The van der Waals surface area contributed by atoms with Gasteiger partial charge in [0.25, 0.3) is 0 Å². The Morgan fingerprint density at radius 3 is 2.83 bits per heavy atom. The lowest BCUT2D eigenvalue weighted by Gasteiger charge is -2.57. The molecule has 0 aromatic carbocycles. The lowest BCUT2D eigenvalue weighted by Crippen LogP contribution is -2.74. The van der Waals surface area contributed by atoms with Crippen LogP contribution in [0.5, 0.6) is 0 Å². The molecule has 0 spiro atoms. The number of nitrogens with zero attached hydrogens (tertiary/aromatic N) is 1. The number of morpholine rings is 1. The third-order valence-corrected chi connectivity index (χ3v) is 4.73. The summed E-state index contributed by atoms with van der Waals surface area (Å²) in [6, 6.07) is 0.439. The molecule has 2 N–H and O–H groups in total. The van der Waals surface area contributed by atoms with E-state index in [1.54, 1.807) is 0 Å². The standard InChI is InChI=1S/C13H22N2O3/c16-12(17)7-13(8-14-9-13)15-5-6-18-11-4-2-1-3-10(11)15/h10-11,14H,1-9H2,(H,16,17). The molecule has 5 heteroatoms. The molecule has 0 aromatic rings. The van der Waals surface area contributed by atoms with E-state index in [0.29, 0.717) is 12.1 Å². The van der Waals surface area contributed by atoms with Gasteiger partial charge < -0.3 is 15.2 Å². The van der Waals surface area contributed by atoms with E-state index in [4.69, 9.17) is 9.84 Å². The van der Waals surface area contributed by atoms with Crippen LogP contribution in [0.3, 0.4) is 0 Å². The molecule has 0 aromatic heterocycles. The van der Waals surface area contributed by atoms with Crippen molar-refractivity contribution in [3.05, 3.63) is 0 Å². The van der Waals surface area contributed by atoms with Crippen molar-refractivity contribution >= 4 is 5.97 Å². The Kier molecular flexibility index (Phi) is 3.30. The van der Waals surface area contributed by atoms with Crippen molar-refractivity contribution in [3.63, 3.8) is 0 Å². The molecular formula is C13H22N2O3. The third kappa shape index (κ3) is 2.04. The van der Waals surface area contributed by atoms with Crippen molar-refractivity contribution in [2.24, 2.45) is 0 Å². The number of nitrogens with one attached hydrogen (secondary N) is 1. The molecule has 3 fully saturated rings. The molecule has 5 nitrogen and oxygen atoms in total. The Morgan fingerprint density at radius 2 is 2.17 bits per heavy atom. The Balaban J connectivity index is 1.77. The molecule has 2 saturated heterocycles. The van der Waals surface area contributed by atoms with Gasteiger partial charge in [-0.2, -0.15) is 0 Å². The van der Waals surface area contributed by atoms with E-state index in [1.165, 1.54) is 12.8 Å². The summed E-state index contributed by atoms with van der Waals surface area (Å²) >= 11 is 0. The summed E-state index contributed by atoms with van der Waals surface area (Å²) in [5, 5.41) is 12.4. The first-order valence-corrected chi connectivity index (χ1v) is 7.02. The van der Waals surface area contributed by atoms with Crippen LogP contribution in [0.25, 0.3) is 0 Å². The smallest absolute Gasteiger partial charge is 0.305 e. The molecule has 1 aliphatic carbocycles. The minimum atomic E-state index is -0.685. The lowest BCUT2D eigenvalue weighted by atomic mass is 9.80. The summed E-state index contributed by atoms with van der Waals surface area (Å²) in [4.78, 5) is 13.6. The van der Waals surface area contributed by atoms with Crippen LogP contribution in [0.2, 0.25) is 0 Å². The zero-order chi connectivity index (χ0) is 12.6. The van der Waals surface area contributed by atoms with Crippen LogP contribution in [-0.4, -0.2) is 59.9 Å². The Bertz CT molecular complexity index is 328. The molecule has 0 amide bonds. The molecule has 0 bridgehead atoms. The van der Waals surface area contributed by atoms with E-state index >= 15 is 0 Å². The van der Waals surface area contributed by atoms with Crippen LogP contribution in [0.15, 0.2) is 0 Å². The van der Waals surface area contributed by atoms with Gasteiger partial charge in [-0.25, -0.2) is 0 Å². The number of hydrogen-bond donors (Lipinski definition) is 2. The maximum atomic E-state index is 11.1. The topological polar surface area (TPSA) is 61.8 Å². The normalized spacial score (nSPS) is 35.6. The fourth-order valence-electron chi connectivity index (χ4n) is 3.81. The fourth-order valence-corrected chi connectivity index (χ4v) is 3.81. The van der Waals surface area contributed by atoms with Gasteiger partial charge in [0, 0.05) is 25.7 Å². The quantitative estimate of drug-likeness (QED) is 0.765. The SMILES string of the molecule is O=C(O)CC1(N2CCOC3CCCCC32)CNC1. The van der Waals surface area contributed by atoms with E-state index in [1.807, 2.05) is 0 Å². The van der Waals surface area contributed by atoms with Gasteiger partial charge in [0.2, 0.25) is 0 Å². The average molecular weight is 254 g/mol. The van der Waals surface area contributed by atoms with Gasteiger partial charge >= 0.3 is 5.97 Å². The van der Waals surface area contributed by atoms with Crippen LogP contribution < -0.4 is 5.32 Å². The average Bonchev–Trinajstić information content (AvgIpc) is 2.33. The molecule has 2 aliphatic heterocycles. The molecule has 18 heavy (non-hydrogen) atoms. The van der Waals surface area contributed by atoms with Crippen molar-refractivity contribution in [1.29, 1.82) is 0 Å². The first-order valence-electron chi connectivity index (χ1n) is 7.02. The molecule has 2 unspecified atom stereocenters.